The van der Waals surface area contributed by atoms with Gasteiger partial charge in [-0.15, -0.1) is 0 Å². The van der Waals surface area contributed by atoms with Crippen molar-refractivity contribution in [2.45, 2.75) is 78.1 Å². The third kappa shape index (κ3) is 11.1. The zero-order valence-electron chi connectivity index (χ0n) is 14.8. The molecule has 2 N–H and O–H groups in total. The zero-order valence-corrected chi connectivity index (χ0v) is 14.8. The molecule has 136 valence electrons. The van der Waals surface area contributed by atoms with Crippen molar-refractivity contribution in [3.05, 3.63) is 0 Å². The maximum absolute atomic E-state index is 12.0. The highest BCUT2D eigenvalue weighted by atomic mass is 16.5. The Morgan fingerprint density at radius 1 is 0.870 bits per heavy atom. The van der Waals surface area contributed by atoms with Gasteiger partial charge in [0.2, 0.25) is 0 Å². The van der Waals surface area contributed by atoms with Crippen molar-refractivity contribution < 1.29 is 24.5 Å². The molecule has 0 bridgehead atoms. The molecule has 0 aliphatic carbocycles. The number of carboxylic acids is 1. The highest BCUT2D eigenvalue weighted by Crippen LogP contribution is 2.22. The second kappa shape index (κ2) is 14.5. The van der Waals surface area contributed by atoms with E-state index in [1.54, 1.807) is 0 Å². The molecule has 23 heavy (non-hydrogen) atoms. The lowest BCUT2D eigenvalue weighted by Gasteiger charge is -2.16. The van der Waals surface area contributed by atoms with Gasteiger partial charge in [0, 0.05) is 0 Å². The fraction of sp³-hybridized carbons (Fsp3) is 0.889. The zero-order chi connectivity index (χ0) is 17.5. The number of unbranched alkanes of at least 4 members (excludes halogenated alkanes) is 3. The number of carbonyl (C=O) groups is 2. The van der Waals surface area contributed by atoms with Crippen molar-refractivity contribution in [2.75, 3.05) is 13.2 Å². The van der Waals surface area contributed by atoms with E-state index in [1.165, 1.54) is 0 Å². The molecule has 0 aliphatic rings. The molecule has 2 unspecified atom stereocenters. The number of esters is 1. The third-order valence-electron chi connectivity index (χ3n) is 4.19. The normalized spacial score (nSPS) is 13.5. The van der Waals surface area contributed by atoms with Crippen LogP contribution in [-0.4, -0.2) is 35.4 Å². The summed E-state index contributed by atoms with van der Waals surface area (Å²) in [6, 6.07) is 0. The smallest absolute Gasteiger partial charge is 0.309 e. The van der Waals surface area contributed by atoms with Crippen molar-refractivity contribution in [1.29, 1.82) is 0 Å². The summed E-state index contributed by atoms with van der Waals surface area (Å²) in [6.07, 6.45) is 8.61. The van der Waals surface area contributed by atoms with Crippen LogP contribution >= 0.6 is 0 Å². The van der Waals surface area contributed by atoms with Gasteiger partial charge in [0.1, 0.15) is 6.61 Å². The van der Waals surface area contributed by atoms with Gasteiger partial charge in [0.05, 0.1) is 18.4 Å². The lowest BCUT2D eigenvalue weighted by Crippen LogP contribution is -2.20. The number of carboxylic acid groups (broad SMARTS) is 1. The first-order valence-electron chi connectivity index (χ1n) is 9.07. The number of ether oxygens (including phenoxy) is 1. The van der Waals surface area contributed by atoms with E-state index in [4.69, 9.17) is 9.84 Å². The molecule has 0 saturated heterocycles. The predicted octanol–water partition coefficient (Wildman–Crippen LogP) is 3.78. The highest BCUT2D eigenvalue weighted by Gasteiger charge is 2.20. The van der Waals surface area contributed by atoms with Gasteiger partial charge in [0.25, 0.3) is 0 Å². The Labute approximate surface area is 140 Å². The van der Waals surface area contributed by atoms with Crippen molar-refractivity contribution in [3.63, 3.8) is 0 Å². The van der Waals surface area contributed by atoms with Crippen molar-refractivity contribution in [1.82, 2.24) is 0 Å². The van der Waals surface area contributed by atoms with Crippen LogP contribution in [0, 0.1) is 11.8 Å². The molecule has 0 rings (SSSR count). The van der Waals surface area contributed by atoms with E-state index < -0.39 is 5.97 Å². The van der Waals surface area contributed by atoms with E-state index in [2.05, 4.69) is 13.8 Å². The molecule has 0 spiro atoms. The molecule has 0 aliphatic heterocycles. The van der Waals surface area contributed by atoms with E-state index in [9.17, 15) is 14.7 Å². The molecular weight excluding hydrogens is 296 g/mol. The summed E-state index contributed by atoms with van der Waals surface area (Å²) in [5, 5.41) is 18.0. The Kier molecular flexibility index (Phi) is 13.8. The standard InChI is InChI=1S/C18H34O5/c1-3-5-9-15(17(20)21)11-7-8-12-16(10-6-4-2)18(22)23-14-13-19/h15-16,19H,3-14H2,1-2H3,(H,20,21). The summed E-state index contributed by atoms with van der Waals surface area (Å²) in [6.45, 7) is 4.06. The van der Waals surface area contributed by atoms with Gasteiger partial charge in [-0.3, -0.25) is 9.59 Å². The average molecular weight is 330 g/mol. The summed E-state index contributed by atoms with van der Waals surface area (Å²) in [5.74, 6) is -1.32. The number of hydrogen-bond acceptors (Lipinski definition) is 4. The molecule has 0 aromatic heterocycles. The molecule has 0 aromatic rings. The quantitative estimate of drug-likeness (QED) is 0.353. The number of rotatable bonds is 15. The fourth-order valence-electron chi connectivity index (χ4n) is 2.72. The van der Waals surface area contributed by atoms with E-state index in [-0.39, 0.29) is 31.0 Å². The van der Waals surface area contributed by atoms with Crippen LogP contribution in [0.4, 0.5) is 0 Å². The highest BCUT2D eigenvalue weighted by molar-refractivity contribution is 5.72. The topological polar surface area (TPSA) is 83.8 Å². The molecule has 0 amide bonds. The molecule has 0 saturated carbocycles. The molecule has 5 nitrogen and oxygen atoms in total. The first-order valence-corrected chi connectivity index (χ1v) is 9.07. The van der Waals surface area contributed by atoms with Crippen LogP contribution in [0.5, 0.6) is 0 Å². The Balaban J connectivity index is 4.17. The van der Waals surface area contributed by atoms with Gasteiger partial charge in [0.15, 0.2) is 0 Å². The Bertz CT molecular complexity index is 317. The first-order chi connectivity index (χ1) is 11.1. The summed E-state index contributed by atoms with van der Waals surface area (Å²) < 4.78 is 5.04. The van der Waals surface area contributed by atoms with E-state index in [0.717, 1.165) is 57.8 Å². The fourth-order valence-corrected chi connectivity index (χ4v) is 2.72. The van der Waals surface area contributed by atoms with Gasteiger partial charge in [-0.05, 0) is 25.7 Å². The number of carbonyl (C=O) groups excluding carboxylic acids is 1. The van der Waals surface area contributed by atoms with Crippen LogP contribution in [0.1, 0.15) is 78.1 Å². The number of aliphatic carboxylic acids is 1. The van der Waals surface area contributed by atoms with E-state index in [0.29, 0.717) is 6.42 Å². The van der Waals surface area contributed by atoms with Crippen molar-refractivity contribution in [2.24, 2.45) is 11.8 Å². The number of aliphatic hydroxyl groups is 1. The van der Waals surface area contributed by atoms with E-state index in [1.807, 2.05) is 0 Å². The Morgan fingerprint density at radius 3 is 1.83 bits per heavy atom. The molecule has 0 heterocycles. The minimum Gasteiger partial charge on any atom is -0.481 e. The minimum atomic E-state index is -0.705. The van der Waals surface area contributed by atoms with Gasteiger partial charge >= 0.3 is 11.9 Å². The van der Waals surface area contributed by atoms with Crippen LogP contribution in [0.15, 0.2) is 0 Å². The van der Waals surface area contributed by atoms with Crippen LogP contribution in [0.3, 0.4) is 0 Å². The number of hydrogen-bond donors (Lipinski definition) is 2. The van der Waals surface area contributed by atoms with Gasteiger partial charge < -0.3 is 14.9 Å². The summed E-state index contributed by atoms with van der Waals surface area (Å²) in [7, 11) is 0. The summed E-state index contributed by atoms with van der Waals surface area (Å²) in [4.78, 5) is 23.2. The van der Waals surface area contributed by atoms with Crippen LogP contribution in [0.2, 0.25) is 0 Å². The largest absolute Gasteiger partial charge is 0.481 e. The van der Waals surface area contributed by atoms with Crippen LogP contribution in [0.25, 0.3) is 0 Å². The maximum Gasteiger partial charge on any atom is 0.309 e. The molecule has 0 radical (unpaired) electrons. The molecule has 0 aromatic carbocycles. The van der Waals surface area contributed by atoms with Gasteiger partial charge in [-0.25, -0.2) is 0 Å². The second-order valence-electron chi connectivity index (χ2n) is 6.19. The molecule has 5 heteroatoms. The first kappa shape index (κ1) is 21.9. The van der Waals surface area contributed by atoms with Crippen LogP contribution in [-0.2, 0) is 14.3 Å². The third-order valence-corrected chi connectivity index (χ3v) is 4.19. The molecule has 2 atom stereocenters. The van der Waals surface area contributed by atoms with Crippen molar-refractivity contribution >= 4 is 11.9 Å². The molecular formula is C18H34O5. The monoisotopic (exact) mass is 330 g/mol. The molecule has 0 fully saturated rings. The Hall–Kier alpha value is -1.10. The SMILES string of the molecule is CCCCC(CCCCC(CCCC)C(=O)OCCO)C(=O)O. The van der Waals surface area contributed by atoms with Crippen molar-refractivity contribution in [3.8, 4) is 0 Å². The summed E-state index contributed by atoms with van der Waals surface area (Å²) >= 11 is 0. The summed E-state index contributed by atoms with van der Waals surface area (Å²) in [5.41, 5.74) is 0. The lowest BCUT2D eigenvalue weighted by atomic mass is 9.92. The minimum absolute atomic E-state index is 0.0551. The number of aliphatic hydroxyl groups excluding tert-OH is 1. The maximum atomic E-state index is 12.0. The second-order valence-corrected chi connectivity index (χ2v) is 6.19. The average Bonchev–Trinajstić information content (AvgIpc) is 2.54. The van der Waals surface area contributed by atoms with Gasteiger partial charge in [-0.1, -0.05) is 52.4 Å². The van der Waals surface area contributed by atoms with Crippen LogP contribution < -0.4 is 0 Å². The lowest BCUT2D eigenvalue weighted by molar-refractivity contribution is -0.150. The van der Waals surface area contributed by atoms with E-state index >= 15 is 0 Å². The predicted molar refractivity (Wildman–Crippen MR) is 90.2 cm³/mol. The Morgan fingerprint density at radius 2 is 1.35 bits per heavy atom. The van der Waals surface area contributed by atoms with Gasteiger partial charge in [-0.2, -0.15) is 0 Å².